The van der Waals surface area contributed by atoms with Crippen LogP contribution >= 0.6 is 11.8 Å². The molecule has 10 heteroatoms. The maximum absolute atomic E-state index is 12.6. The number of aromatic amines is 2. The highest BCUT2D eigenvalue weighted by Crippen LogP contribution is 2.24. The average Bonchev–Trinajstić information content (AvgIpc) is 3.16. The number of hydrogen-bond donors (Lipinski definition) is 3. The van der Waals surface area contributed by atoms with Gasteiger partial charge in [0.15, 0.2) is 5.16 Å². The van der Waals surface area contributed by atoms with E-state index >= 15 is 0 Å². The summed E-state index contributed by atoms with van der Waals surface area (Å²) < 4.78 is 1.83. The Morgan fingerprint density at radius 3 is 2.53 bits per heavy atom. The fourth-order valence-corrected chi connectivity index (χ4v) is 4.36. The van der Waals surface area contributed by atoms with Crippen molar-refractivity contribution in [2.45, 2.75) is 32.3 Å². The van der Waals surface area contributed by atoms with Crippen molar-refractivity contribution in [2.24, 2.45) is 0 Å². The van der Waals surface area contributed by atoms with E-state index in [1.807, 2.05) is 67.8 Å². The SMILES string of the molecule is Cc1cccc(-n2c(Cc3cc(=O)[nH]c(=O)[nH]3)nnc2SCC(=O)Nc2ccc(C)cc2C)c1. The van der Waals surface area contributed by atoms with Crippen LogP contribution in [0.15, 0.2) is 63.3 Å². The van der Waals surface area contributed by atoms with Gasteiger partial charge in [-0.05, 0) is 50.1 Å². The number of thioether (sulfide) groups is 1. The number of rotatable bonds is 7. The Bertz CT molecular complexity index is 1440. The zero-order valence-corrected chi connectivity index (χ0v) is 19.8. The van der Waals surface area contributed by atoms with Crippen LogP contribution in [-0.4, -0.2) is 36.4 Å². The van der Waals surface area contributed by atoms with E-state index in [4.69, 9.17) is 0 Å². The Labute approximate surface area is 199 Å². The monoisotopic (exact) mass is 476 g/mol. The molecule has 2 aromatic heterocycles. The highest BCUT2D eigenvalue weighted by atomic mass is 32.2. The molecular formula is C24H24N6O3S. The Balaban J connectivity index is 1.59. The predicted molar refractivity (Wildman–Crippen MR) is 132 cm³/mol. The van der Waals surface area contributed by atoms with Gasteiger partial charge in [0.1, 0.15) is 5.82 Å². The van der Waals surface area contributed by atoms with Crippen LogP contribution in [0.5, 0.6) is 0 Å². The summed E-state index contributed by atoms with van der Waals surface area (Å²) >= 11 is 1.26. The summed E-state index contributed by atoms with van der Waals surface area (Å²) in [5, 5.41) is 12.0. The number of aryl methyl sites for hydroxylation is 3. The van der Waals surface area contributed by atoms with Crippen molar-refractivity contribution in [2.75, 3.05) is 11.1 Å². The summed E-state index contributed by atoms with van der Waals surface area (Å²) in [6.45, 7) is 5.94. The summed E-state index contributed by atoms with van der Waals surface area (Å²) in [7, 11) is 0. The van der Waals surface area contributed by atoms with E-state index in [0.717, 1.165) is 28.1 Å². The number of benzene rings is 2. The smallest absolute Gasteiger partial charge is 0.325 e. The number of hydrogen-bond acceptors (Lipinski definition) is 6. The van der Waals surface area contributed by atoms with Gasteiger partial charge in [-0.2, -0.15) is 0 Å². The molecule has 4 aromatic rings. The minimum Gasteiger partial charge on any atom is -0.325 e. The Morgan fingerprint density at radius 2 is 1.79 bits per heavy atom. The summed E-state index contributed by atoms with van der Waals surface area (Å²) in [6.07, 6.45) is 0.190. The number of aromatic nitrogens is 5. The van der Waals surface area contributed by atoms with E-state index in [1.54, 1.807) is 0 Å². The molecule has 0 aliphatic carbocycles. The molecular weight excluding hydrogens is 452 g/mol. The molecule has 0 radical (unpaired) electrons. The van der Waals surface area contributed by atoms with Crippen LogP contribution in [0.4, 0.5) is 5.69 Å². The topological polar surface area (TPSA) is 126 Å². The van der Waals surface area contributed by atoms with Crippen LogP contribution in [0.2, 0.25) is 0 Å². The van der Waals surface area contributed by atoms with Crippen molar-refractivity contribution >= 4 is 23.4 Å². The molecule has 34 heavy (non-hydrogen) atoms. The number of nitrogens with one attached hydrogen (secondary N) is 3. The fraction of sp³-hybridized carbons (Fsp3) is 0.208. The zero-order chi connectivity index (χ0) is 24.2. The van der Waals surface area contributed by atoms with Crippen molar-refractivity contribution in [3.05, 3.63) is 97.6 Å². The van der Waals surface area contributed by atoms with E-state index in [2.05, 4.69) is 25.5 Å². The molecule has 0 saturated carbocycles. The summed E-state index contributed by atoms with van der Waals surface area (Å²) in [4.78, 5) is 40.8. The summed E-state index contributed by atoms with van der Waals surface area (Å²) in [6, 6.07) is 15.0. The normalized spacial score (nSPS) is 10.9. The quantitative estimate of drug-likeness (QED) is 0.352. The molecule has 0 aliphatic heterocycles. The third kappa shape index (κ3) is 5.52. The first-order valence-electron chi connectivity index (χ1n) is 10.6. The molecule has 3 N–H and O–H groups in total. The number of carbonyl (C=O) groups is 1. The molecule has 0 saturated heterocycles. The van der Waals surface area contributed by atoms with Crippen molar-refractivity contribution in [3.8, 4) is 5.69 Å². The third-order valence-electron chi connectivity index (χ3n) is 5.11. The zero-order valence-electron chi connectivity index (χ0n) is 19.0. The molecule has 2 aromatic carbocycles. The molecule has 4 rings (SSSR count). The molecule has 0 atom stereocenters. The van der Waals surface area contributed by atoms with E-state index in [0.29, 0.717) is 16.7 Å². The minimum absolute atomic E-state index is 0.138. The maximum Gasteiger partial charge on any atom is 0.325 e. The second kappa shape index (κ2) is 9.92. The van der Waals surface area contributed by atoms with Crippen LogP contribution in [0.3, 0.4) is 0 Å². The molecule has 0 bridgehead atoms. The van der Waals surface area contributed by atoms with Crippen molar-refractivity contribution in [1.29, 1.82) is 0 Å². The molecule has 0 spiro atoms. The molecule has 1 amide bonds. The average molecular weight is 477 g/mol. The summed E-state index contributed by atoms with van der Waals surface area (Å²) in [5.74, 6) is 0.513. The molecule has 9 nitrogen and oxygen atoms in total. The summed E-state index contributed by atoms with van der Waals surface area (Å²) in [5.41, 5.74) is 4.12. The van der Waals surface area contributed by atoms with Crippen LogP contribution in [-0.2, 0) is 11.2 Å². The first kappa shape index (κ1) is 23.2. The largest absolute Gasteiger partial charge is 0.325 e. The van der Waals surface area contributed by atoms with Gasteiger partial charge >= 0.3 is 5.69 Å². The number of amides is 1. The van der Waals surface area contributed by atoms with Gasteiger partial charge in [-0.25, -0.2) is 4.79 Å². The highest BCUT2D eigenvalue weighted by Gasteiger charge is 2.17. The lowest BCUT2D eigenvalue weighted by molar-refractivity contribution is -0.113. The first-order valence-corrected chi connectivity index (χ1v) is 11.6. The van der Waals surface area contributed by atoms with Gasteiger partial charge < -0.3 is 10.3 Å². The molecule has 0 unspecified atom stereocenters. The van der Waals surface area contributed by atoms with Gasteiger partial charge in [0.2, 0.25) is 5.91 Å². The second-order valence-electron chi connectivity index (χ2n) is 8.02. The van der Waals surface area contributed by atoms with Crippen LogP contribution in [0, 0.1) is 20.8 Å². The molecule has 0 fully saturated rings. The Morgan fingerprint density at radius 1 is 1.00 bits per heavy atom. The van der Waals surface area contributed by atoms with Gasteiger partial charge in [-0.1, -0.05) is 41.6 Å². The highest BCUT2D eigenvalue weighted by molar-refractivity contribution is 7.99. The minimum atomic E-state index is -0.582. The third-order valence-corrected chi connectivity index (χ3v) is 6.04. The number of carbonyl (C=O) groups excluding carboxylic acids is 1. The molecule has 174 valence electrons. The Hall–Kier alpha value is -3.92. The van der Waals surface area contributed by atoms with E-state index < -0.39 is 11.2 Å². The van der Waals surface area contributed by atoms with Gasteiger partial charge in [0, 0.05) is 29.6 Å². The lowest BCUT2D eigenvalue weighted by atomic mass is 10.1. The maximum atomic E-state index is 12.6. The molecule has 2 heterocycles. The van der Waals surface area contributed by atoms with Crippen LogP contribution < -0.4 is 16.6 Å². The van der Waals surface area contributed by atoms with Crippen LogP contribution in [0.1, 0.15) is 28.2 Å². The predicted octanol–water partition coefficient (Wildman–Crippen LogP) is 2.89. The van der Waals surface area contributed by atoms with Crippen molar-refractivity contribution in [1.82, 2.24) is 24.7 Å². The lowest BCUT2D eigenvalue weighted by Gasteiger charge is -2.12. The van der Waals surface area contributed by atoms with Gasteiger partial charge in [-0.3, -0.25) is 19.1 Å². The van der Waals surface area contributed by atoms with Gasteiger partial charge in [0.05, 0.1) is 5.75 Å². The Kier molecular flexibility index (Phi) is 6.78. The van der Waals surface area contributed by atoms with E-state index in [9.17, 15) is 14.4 Å². The van der Waals surface area contributed by atoms with Crippen molar-refractivity contribution < 1.29 is 4.79 Å². The van der Waals surface area contributed by atoms with E-state index in [-0.39, 0.29) is 18.1 Å². The number of nitrogens with zero attached hydrogens (tertiary/aromatic N) is 3. The van der Waals surface area contributed by atoms with Gasteiger partial charge in [-0.15, -0.1) is 10.2 Å². The lowest BCUT2D eigenvalue weighted by Crippen LogP contribution is -2.23. The number of H-pyrrole nitrogens is 2. The van der Waals surface area contributed by atoms with Crippen LogP contribution in [0.25, 0.3) is 5.69 Å². The van der Waals surface area contributed by atoms with Gasteiger partial charge in [0.25, 0.3) is 5.56 Å². The molecule has 0 aliphatic rings. The number of anilines is 1. The standard InChI is InChI=1S/C24H24N6O3S/c1-14-5-4-6-18(10-14)30-20(11-17-12-21(31)27-23(33)25-17)28-29-24(30)34-13-22(32)26-19-8-7-15(2)9-16(19)3/h4-10,12H,11,13H2,1-3H3,(H,26,32)(H2,25,27,31,33). The van der Waals surface area contributed by atoms with Crippen molar-refractivity contribution in [3.63, 3.8) is 0 Å². The van der Waals surface area contributed by atoms with E-state index in [1.165, 1.54) is 17.8 Å². The second-order valence-corrected chi connectivity index (χ2v) is 8.96. The fourth-order valence-electron chi connectivity index (χ4n) is 3.59. The first-order chi connectivity index (χ1) is 16.3.